The molecule has 3 rings (SSSR count). The summed E-state index contributed by atoms with van der Waals surface area (Å²) in [4.78, 5) is -0.140. The number of benzene rings is 2. The van der Waals surface area contributed by atoms with Crippen molar-refractivity contribution in [3.63, 3.8) is 0 Å². The summed E-state index contributed by atoms with van der Waals surface area (Å²) in [6.45, 7) is 7.50. The van der Waals surface area contributed by atoms with Gasteiger partial charge in [0.25, 0.3) is 0 Å². The van der Waals surface area contributed by atoms with Crippen LogP contribution in [0.15, 0.2) is 77.8 Å². The molecule has 4 nitrogen and oxygen atoms in total. The Morgan fingerprint density at radius 3 is 1.84 bits per heavy atom. The maximum atomic E-state index is 10.8. The van der Waals surface area contributed by atoms with Crippen LogP contribution in [-0.4, -0.2) is 13.0 Å². The number of aromatic nitrogens is 1. The third kappa shape index (κ3) is 12.5. The Balaban J connectivity index is 0.000000278. The molecular weight excluding hydrogens is 478 g/mol. The Bertz CT molecular complexity index is 1100. The van der Waals surface area contributed by atoms with E-state index in [9.17, 15) is 13.0 Å². The van der Waals surface area contributed by atoms with Gasteiger partial charge < -0.3 is 4.55 Å². The molecule has 202 valence electrons. The third-order valence-corrected chi connectivity index (χ3v) is 7.65. The molecule has 37 heavy (non-hydrogen) atoms. The lowest BCUT2D eigenvalue weighted by Crippen LogP contribution is -2.37. The van der Waals surface area contributed by atoms with E-state index in [0.29, 0.717) is 0 Å². The molecule has 0 amide bonds. The molecule has 0 spiro atoms. The van der Waals surface area contributed by atoms with E-state index in [4.69, 9.17) is 0 Å². The summed E-state index contributed by atoms with van der Waals surface area (Å²) in [6.07, 6.45) is 16.2. The molecule has 1 heterocycles. The van der Waals surface area contributed by atoms with E-state index in [0.717, 1.165) is 24.9 Å². The normalized spacial score (nSPS) is 11.1. The highest BCUT2D eigenvalue weighted by Gasteiger charge is 2.07. The van der Waals surface area contributed by atoms with Gasteiger partial charge in [0, 0.05) is 24.6 Å². The van der Waals surface area contributed by atoms with Gasteiger partial charge in [0.05, 0.1) is 4.90 Å². The Morgan fingerprint density at radius 2 is 1.27 bits per heavy atom. The highest BCUT2D eigenvalue weighted by atomic mass is 32.2. The monoisotopic (exact) mass is 523 g/mol. The fourth-order valence-electron chi connectivity index (χ4n) is 4.35. The zero-order valence-electron chi connectivity index (χ0n) is 23.0. The number of hydrogen-bond acceptors (Lipinski definition) is 3. The molecule has 1 aromatic heterocycles. The maximum Gasteiger partial charge on any atom is 0.178 e. The minimum Gasteiger partial charge on any atom is -0.744 e. The molecule has 0 aliphatic heterocycles. The second-order valence-electron chi connectivity index (χ2n) is 9.93. The predicted octanol–water partition coefficient (Wildman–Crippen LogP) is 7.69. The average Bonchev–Trinajstić information content (AvgIpc) is 2.88. The van der Waals surface area contributed by atoms with Gasteiger partial charge in [-0.15, -0.1) is 0 Å². The minimum atomic E-state index is -4.31. The molecule has 2 aromatic carbocycles. The molecule has 0 aliphatic carbocycles. The number of nitrogens with zero attached hydrogens (tertiary/aromatic N) is 1. The Kier molecular flexibility index (Phi) is 14.2. The Hall–Kier alpha value is -2.50. The largest absolute Gasteiger partial charge is 0.744 e. The van der Waals surface area contributed by atoms with Crippen LogP contribution in [-0.2, 0) is 23.1 Å². The van der Waals surface area contributed by atoms with Gasteiger partial charge in [0.1, 0.15) is 10.1 Å². The van der Waals surface area contributed by atoms with Crippen LogP contribution in [0.5, 0.6) is 0 Å². The smallest absolute Gasteiger partial charge is 0.178 e. The van der Waals surface area contributed by atoms with Gasteiger partial charge in [-0.05, 0) is 43.0 Å². The van der Waals surface area contributed by atoms with Crippen molar-refractivity contribution in [1.82, 2.24) is 0 Å². The minimum absolute atomic E-state index is 0.140. The average molecular weight is 524 g/mol. The van der Waals surface area contributed by atoms with E-state index < -0.39 is 10.1 Å². The predicted molar refractivity (Wildman–Crippen MR) is 152 cm³/mol. The topological polar surface area (TPSA) is 61.1 Å². The lowest BCUT2D eigenvalue weighted by atomic mass is 10.0. The van der Waals surface area contributed by atoms with Crippen LogP contribution in [0.3, 0.4) is 0 Å². The highest BCUT2D eigenvalue weighted by molar-refractivity contribution is 7.85. The fraction of sp³-hybridized carbons (Fsp3) is 0.469. The van der Waals surface area contributed by atoms with E-state index in [2.05, 4.69) is 74.0 Å². The summed E-state index contributed by atoms with van der Waals surface area (Å²) in [5, 5.41) is 0. The fourth-order valence-corrected chi connectivity index (χ4v) is 4.82. The number of pyridine rings is 1. The molecule has 0 saturated carbocycles. The molecule has 0 atom stereocenters. The summed E-state index contributed by atoms with van der Waals surface area (Å²) in [5.41, 5.74) is 5.14. The summed E-state index contributed by atoms with van der Waals surface area (Å²) in [7, 11) is -4.31. The highest BCUT2D eigenvalue weighted by Crippen LogP contribution is 2.14. The molecule has 0 radical (unpaired) electrons. The van der Waals surface area contributed by atoms with E-state index >= 15 is 0 Å². The first-order valence-corrected chi connectivity index (χ1v) is 15.3. The van der Waals surface area contributed by atoms with Gasteiger partial charge in [-0.3, -0.25) is 0 Å². The van der Waals surface area contributed by atoms with Crippen molar-refractivity contribution < 1.29 is 17.5 Å². The van der Waals surface area contributed by atoms with Crippen molar-refractivity contribution in [2.24, 2.45) is 0 Å². The summed E-state index contributed by atoms with van der Waals surface area (Å²) >= 11 is 0. The van der Waals surface area contributed by atoms with Gasteiger partial charge in [-0.25, -0.2) is 8.42 Å². The van der Waals surface area contributed by atoms with Crippen LogP contribution in [0.25, 0.3) is 0 Å². The van der Waals surface area contributed by atoms with Crippen molar-refractivity contribution >= 4 is 10.1 Å². The van der Waals surface area contributed by atoms with Crippen LogP contribution < -0.4 is 4.57 Å². The Labute approximate surface area is 225 Å². The van der Waals surface area contributed by atoms with Gasteiger partial charge in [-0.2, -0.15) is 4.57 Å². The van der Waals surface area contributed by atoms with E-state index in [1.165, 1.54) is 86.7 Å². The number of unbranched alkanes of at least 4 members (excludes halogenated alkanes) is 9. The standard InChI is InChI=1S/C18H30O3S.C14H16N/c1-2-3-4-5-6-7-8-9-10-11-12-17-13-15-18(16-14-17)22(19,20)21;1-12-7-3-4-9-14(12)11-15-10-6-5-8-13(15)2/h13-16H,2-12H2,1H3,(H,19,20,21);3-10H,11H2,1-2H3/q;+1/p-1. The van der Waals surface area contributed by atoms with Crippen molar-refractivity contribution in [3.8, 4) is 0 Å². The zero-order valence-corrected chi connectivity index (χ0v) is 23.8. The van der Waals surface area contributed by atoms with Gasteiger partial charge in [-0.1, -0.05) is 107 Å². The van der Waals surface area contributed by atoms with Crippen LogP contribution in [0.2, 0.25) is 0 Å². The summed E-state index contributed by atoms with van der Waals surface area (Å²) in [5.74, 6) is 0. The van der Waals surface area contributed by atoms with Gasteiger partial charge in [0.15, 0.2) is 18.4 Å². The summed E-state index contributed by atoms with van der Waals surface area (Å²) in [6, 6.07) is 21.1. The van der Waals surface area contributed by atoms with Crippen molar-refractivity contribution in [1.29, 1.82) is 0 Å². The molecule has 0 bridgehead atoms. The first-order valence-electron chi connectivity index (χ1n) is 13.9. The number of rotatable bonds is 14. The van der Waals surface area contributed by atoms with Crippen LogP contribution in [0.4, 0.5) is 0 Å². The van der Waals surface area contributed by atoms with Gasteiger partial charge in [0.2, 0.25) is 0 Å². The molecule has 0 unspecified atom stereocenters. The van der Waals surface area contributed by atoms with E-state index in [1.807, 2.05) is 0 Å². The maximum absolute atomic E-state index is 10.8. The van der Waals surface area contributed by atoms with Crippen LogP contribution in [0, 0.1) is 13.8 Å². The summed E-state index contributed by atoms with van der Waals surface area (Å²) < 4.78 is 34.8. The second-order valence-corrected chi connectivity index (χ2v) is 11.3. The lowest BCUT2D eigenvalue weighted by Gasteiger charge is -2.08. The molecular formula is C32H45NO3S. The third-order valence-electron chi connectivity index (χ3n) is 6.80. The molecule has 0 fully saturated rings. The van der Waals surface area contributed by atoms with Crippen molar-refractivity contribution in [2.75, 3.05) is 0 Å². The van der Waals surface area contributed by atoms with E-state index in [1.54, 1.807) is 12.1 Å². The number of hydrogen-bond donors (Lipinski definition) is 0. The van der Waals surface area contributed by atoms with Crippen molar-refractivity contribution in [3.05, 3.63) is 95.3 Å². The second kappa shape index (κ2) is 17.1. The number of aryl methyl sites for hydroxylation is 3. The molecule has 0 N–H and O–H groups in total. The van der Waals surface area contributed by atoms with Crippen molar-refractivity contribution in [2.45, 2.75) is 103 Å². The molecule has 0 saturated heterocycles. The van der Waals surface area contributed by atoms with Crippen LogP contribution in [0.1, 0.15) is 93.5 Å². The quantitative estimate of drug-likeness (QED) is 0.124. The van der Waals surface area contributed by atoms with E-state index in [-0.39, 0.29) is 4.90 Å². The van der Waals surface area contributed by atoms with Gasteiger partial charge >= 0.3 is 0 Å². The molecule has 3 aromatic rings. The SMILES string of the molecule is CCCCCCCCCCCCc1ccc(S(=O)(=O)[O-])cc1.Cc1ccccc1C[n+]1ccccc1C. The zero-order chi connectivity index (χ0) is 26.9. The first kappa shape index (κ1) is 30.7. The van der Waals surface area contributed by atoms with Crippen LogP contribution >= 0.6 is 0 Å². The Morgan fingerprint density at radius 1 is 0.703 bits per heavy atom. The lowest BCUT2D eigenvalue weighted by molar-refractivity contribution is -0.694. The first-order chi connectivity index (χ1) is 17.8. The molecule has 5 heteroatoms. The molecule has 0 aliphatic rings.